The standard InChI is InChI=1S/C29H27N5O3S/c1-18-14-22(19(2)34(18)21-11-12-24-25(15-21)37-17-36-24)28-27(23-10-6-7-13-30-23)32-29(38)33(28)16-26(35)31-20-8-4-3-5-9-20/h3-15,27-28H,16-17H2,1-2H3,(H,31,35)(H,32,38)/t27-,28-/m0/s1. The van der Waals surface area contributed by atoms with Crippen LogP contribution in [-0.2, 0) is 4.79 Å². The lowest BCUT2D eigenvalue weighted by Gasteiger charge is -2.27. The molecule has 1 fully saturated rings. The van der Waals surface area contributed by atoms with Crippen molar-refractivity contribution in [2.45, 2.75) is 25.9 Å². The third-order valence-corrected chi connectivity index (χ3v) is 7.32. The Balaban J connectivity index is 1.38. The quantitative estimate of drug-likeness (QED) is 0.349. The van der Waals surface area contributed by atoms with Gasteiger partial charge in [0, 0.05) is 35.0 Å². The smallest absolute Gasteiger partial charge is 0.244 e. The molecule has 0 radical (unpaired) electrons. The van der Waals surface area contributed by atoms with E-state index in [0.29, 0.717) is 5.11 Å². The largest absolute Gasteiger partial charge is 0.454 e. The Bertz CT molecular complexity index is 1510. The second kappa shape index (κ2) is 9.83. The molecule has 0 unspecified atom stereocenters. The number of benzene rings is 2. The van der Waals surface area contributed by atoms with Crippen molar-refractivity contribution in [1.82, 2.24) is 19.8 Å². The molecule has 2 atom stereocenters. The van der Waals surface area contributed by atoms with Crippen LogP contribution in [0, 0.1) is 13.8 Å². The van der Waals surface area contributed by atoms with E-state index in [1.807, 2.05) is 71.6 Å². The lowest BCUT2D eigenvalue weighted by atomic mass is 9.96. The topological polar surface area (TPSA) is 80.7 Å². The van der Waals surface area contributed by atoms with E-state index < -0.39 is 0 Å². The molecule has 38 heavy (non-hydrogen) atoms. The number of aryl methyl sites for hydroxylation is 1. The van der Waals surface area contributed by atoms with Gasteiger partial charge in [-0.05, 0) is 74.1 Å². The second-order valence-electron chi connectivity index (χ2n) is 9.37. The summed E-state index contributed by atoms with van der Waals surface area (Å²) in [6.45, 7) is 4.49. The molecule has 8 nitrogen and oxygen atoms in total. The zero-order chi connectivity index (χ0) is 26.2. The number of ether oxygens (including phenoxy) is 2. The van der Waals surface area contributed by atoms with Crippen molar-refractivity contribution in [3.8, 4) is 17.2 Å². The molecule has 6 rings (SSSR count). The highest BCUT2D eigenvalue weighted by atomic mass is 32.1. The van der Waals surface area contributed by atoms with Gasteiger partial charge < -0.3 is 29.6 Å². The van der Waals surface area contributed by atoms with Gasteiger partial charge in [0.2, 0.25) is 12.7 Å². The summed E-state index contributed by atoms with van der Waals surface area (Å²) in [7, 11) is 0. The van der Waals surface area contributed by atoms with Crippen LogP contribution in [0.25, 0.3) is 5.69 Å². The van der Waals surface area contributed by atoms with Crippen LogP contribution < -0.4 is 20.1 Å². The van der Waals surface area contributed by atoms with E-state index >= 15 is 0 Å². The average Bonchev–Trinajstić information content (AvgIpc) is 3.60. The van der Waals surface area contributed by atoms with Crippen LogP contribution >= 0.6 is 12.2 Å². The van der Waals surface area contributed by atoms with Gasteiger partial charge >= 0.3 is 0 Å². The van der Waals surface area contributed by atoms with Crippen molar-refractivity contribution in [1.29, 1.82) is 0 Å². The van der Waals surface area contributed by atoms with Gasteiger partial charge in [-0.25, -0.2) is 0 Å². The van der Waals surface area contributed by atoms with Crippen molar-refractivity contribution in [3.05, 3.63) is 102 Å². The molecule has 2 aromatic carbocycles. The fraction of sp³-hybridized carbons (Fsp3) is 0.207. The highest BCUT2D eigenvalue weighted by molar-refractivity contribution is 7.80. The first-order valence-corrected chi connectivity index (χ1v) is 12.8. The summed E-state index contributed by atoms with van der Waals surface area (Å²) in [5.41, 5.74) is 5.76. The molecule has 9 heteroatoms. The van der Waals surface area contributed by atoms with Crippen molar-refractivity contribution in [2.24, 2.45) is 0 Å². The molecule has 2 aliphatic rings. The lowest BCUT2D eigenvalue weighted by molar-refractivity contribution is -0.116. The Morgan fingerprint density at radius 3 is 2.63 bits per heavy atom. The number of hydrogen-bond acceptors (Lipinski definition) is 5. The number of aromatic nitrogens is 2. The third kappa shape index (κ3) is 4.35. The van der Waals surface area contributed by atoms with Crippen molar-refractivity contribution in [2.75, 3.05) is 18.7 Å². The van der Waals surface area contributed by atoms with Crippen LogP contribution in [0.5, 0.6) is 11.5 Å². The van der Waals surface area contributed by atoms with Crippen LogP contribution in [0.1, 0.15) is 34.7 Å². The molecular formula is C29H27N5O3S. The number of anilines is 1. The highest BCUT2D eigenvalue weighted by Crippen LogP contribution is 2.42. The predicted octanol–water partition coefficient (Wildman–Crippen LogP) is 4.83. The maximum Gasteiger partial charge on any atom is 0.244 e. The van der Waals surface area contributed by atoms with Gasteiger partial charge in [-0.15, -0.1) is 0 Å². The van der Waals surface area contributed by atoms with Gasteiger partial charge in [0.15, 0.2) is 16.6 Å². The van der Waals surface area contributed by atoms with Crippen molar-refractivity contribution < 1.29 is 14.3 Å². The van der Waals surface area contributed by atoms with Gasteiger partial charge in [-0.3, -0.25) is 9.78 Å². The fourth-order valence-corrected chi connectivity index (χ4v) is 5.60. The summed E-state index contributed by atoms with van der Waals surface area (Å²) in [6, 6.07) is 22.9. The van der Waals surface area contributed by atoms with Crippen molar-refractivity contribution >= 4 is 28.9 Å². The molecule has 2 aliphatic heterocycles. The van der Waals surface area contributed by atoms with E-state index in [-0.39, 0.29) is 31.3 Å². The Kier molecular flexibility index (Phi) is 6.21. The molecule has 2 N–H and O–H groups in total. The predicted molar refractivity (Wildman–Crippen MR) is 149 cm³/mol. The van der Waals surface area contributed by atoms with E-state index in [4.69, 9.17) is 21.7 Å². The van der Waals surface area contributed by atoms with Crippen LogP contribution in [0.2, 0.25) is 0 Å². The molecule has 1 amide bonds. The number of pyridine rings is 1. The molecule has 2 aromatic heterocycles. The second-order valence-corrected chi connectivity index (χ2v) is 9.75. The normalized spacial score (nSPS) is 17.9. The Morgan fingerprint density at radius 1 is 1.05 bits per heavy atom. The minimum atomic E-state index is -0.243. The van der Waals surface area contributed by atoms with Gasteiger partial charge in [-0.1, -0.05) is 24.3 Å². The van der Waals surface area contributed by atoms with Crippen LogP contribution in [0.4, 0.5) is 5.69 Å². The van der Waals surface area contributed by atoms with Gasteiger partial charge in [0.1, 0.15) is 6.54 Å². The number of amides is 1. The number of para-hydroxylation sites is 1. The van der Waals surface area contributed by atoms with Gasteiger partial charge in [-0.2, -0.15) is 0 Å². The van der Waals surface area contributed by atoms with Crippen LogP contribution in [0.15, 0.2) is 79.0 Å². The van der Waals surface area contributed by atoms with E-state index in [2.05, 4.69) is 40.1 Å². The first-order valence-electron chi connectivity index (χ1n) is 12.4. The summed E-state index contributed by atoms with van der Waals surface area (Å²) in [6.07, 6.45) is 1.78. The molecule has 0 spiro atoms. The monoisotopic (exact) mass is 525 g/mol. The lowest BCUT2D eigenvalue weighted by Crippen LogP contribution is -2.37. The first-order chi connectivity index (χ1) is 18.5. The number of rotatable bonds is 6. The molecule has 192 valence electrons. The number of thiocarbonyl (C=S) groups is 1. The zero-order valence-electron chi connectivity index (χ0n) is 21.0. The highest BCUT2D eigenvalue weighted by Gasteiger charge is 2.42. The van der Waals surface area contributed by atoms with Gasteiger partial charge in [0.05, 0.1) is 17.8 Å². The average molecular weight is 526 g/mol. The van der Waals surface area contributed by atoms with Gasteiger partial charge in [0.25, 0.3) is 0 Å². The molecule has 0 aliphatic carbocycles. The maximum atomic E-state index is 13.1. The van der Waals surface area contributed by atoms with Crippen molar-refractivity contribution in [3.63, 3.8) is 0 Å². The van der Waals surface area contributed by atoms with E-state index in [1.165, 1.54) is 0 Å². The minimum Gasteiger partial charge on any atom is -0.454 e. The summed E-state index contributed by atoms with van der Waals surface area (Å²) in [4.78, 5) is 19.7. The van der Waals surface area contributed by atoms with E-state index in [1.54, 1.807) is 6.20 Å². The number of hydrogen-bond donors (Lipinski definition) is 2. The third-order valence-electron chi connectivity index (χ3n) is 6.97. The molecule has 0 saturated carbocycles. The first kappa shape index (κ1) is 24.0. The summed E-state index contributed by atoms with van der Waals surface area (Å²) < 4.78 is 13.3. The van der Waals surface area contributed by atoms with Crippen LogP contribution in [-0.4, -0.2) is 38.8 Å². The Morgan fingerprint density at radius 2 is 1.84 bits per heavy atom. The molecule has 1 saturated heterocycles. The SMILES string of the molecule is Cc1cc([C@H]2[C@H](c3ccccn3)NC(=S)N2CC(=O)Nc2ccccc2)c(C)n1-c1ccc2c(c1)OCO2. The Hall–Kier alpha value is -4.37. The molecule has 4 heterocycles. The maximum absolute atomic E-state index is 13.1. The summed E-state index contributed by atoms with van der Waals surface area (Å²) in [5, 5.41) is 6.93. The molecular weight excluding hydrogens is 498 g/mol. The van der Waals surface area contributed by atoms with E-state index in [0.717, 1.165) is 45.5 Å². The fourth-order valence-electron chi connectivity index (χ4n) is 5.30. The summed E-state index contributed by atoms with van der Waals surface area (Å²) >= 11 is 5.78. The van der Waals surface area contributed by atoms with E-state index in [9.17, 15) is 4.79 Å². The summed E-state index contributed by atoms with van der Waals surface area (Å²) in [5.74, 6) is 1.33. The number of carbonyl (C=O) groups excluding carboxylic acids is 1. The number of nitrogens with zero attached hydrogens (tertiary/aromatic N) is 3. The number of fused-ring (bicyclic) bond motifs is 1. The number of nitrogens with one attached hydrogen (secondary N) is 2. The minimum absolute atomic E-state index is 0.0996. The number of carbonyl (C=O) groups is 1. The zero-order valence-corrected chi connectivity index (χ0v) is 21.9. The molecule has 0 bridgehead atoms. The Labute approximate surface area is 226 Å². The molecule has 4 aromatic rings. The van der Waals surface area contributed by atoms with Crippen LogP contribution in [0.3, 0.4) is 0 Å².